The molecule has 1 saturated heterocycles. The van der Waals surface area contributed by atoms with E-state index in [2.05, 4.69) is 14.9 Å². The van der Waals surface area contributed by atoms with Crippen molar-refractivity contribution in [2.75, 3.05) is 31.5 Å². The Morgan fingerprint density at radius 2 is 1.79 bits per heavy atom. The quantitative estimate of drug-likeness (QED) is 0.470. The van der Waals surface area contributed by atoms with Gasteiger partial charge in [-0.25, -0.2) is 13.1 Å². The highest BCUT2D eigenvalue weighted by molar-refractivity contribution is 7.89. The summed E-state index contributed by atoms with van der Waals surface area (Å²) in [6, 6.07) is 13.5. The van der Waals surface area contributed by atoms with E-state index >= 15 is 0 Å². The Labute approximate surface area is 199 Å². The number of halogens is 1. The molecule has 178 valence electrons. The molecule has 0 bridgehead atoms. The number of nitrogens with zero attached hydrogens (tertiary/aromatic N) is 1. The number of benzene rings is 2. The van der Waals surface area contributed by atoms with Gasteiger partial charge in [-0.05, 0) is 68.2 Å². The van der Waals surface area contributed by atoms with Crippen LogP contribution in [-0.2, 0) is 26.0 Å². The summed E-state index contributed by atoms with van der Waals surface area (Å²) in [5, 5.41) is 3.10. The fourth-order valence-corrected chi connectivity index (χ4v) is 5.06. The van der Waals surface area contributed by atoms with Crippen LogP contribution < -0.4 is 15.8 Å². The van der Waals surface area contributed by atoms with Crippen LogP contribution in [0.5, 0.6) is 0 Å². The molecule has 4 N–H and O–H groups in total. The molecule has 0 aromatic heterocycles. The van der Waals surface area contributed by atoms with Gasteiger partial charge in [0.25, 0.3) is 0 Å². The Balaban J connectivity index is 1.39. The molecule has 0 radical (unpaired) electrons. The SMILES string of the molecule is NC(=O)C1CCN(CCc2ccc(NC(=O)CCNS(=O)(=O)c3cccc(Cl)c3)cc2)CC1. The van der Waals surface area contributed by atoms with Crippen LogP contribution >= 0.6 is 11.6 Å². The van der Waals surface area contributed by atoms with Crippen molar-refractivity contribution >= 4 is 39.1 Å². The molecule has 1 fully saturated rings. The number of amides is 2. The van der Waals surface area contributed by atoms with Gasteiger partial charge in [-0.2, -0.15) is 0 Å². The largest absolute Gasteiger partial charge is 0.369 e. The number of rotatable bonds is 10. The number of sulfonamides is 1. The molecule has 0 spiro atoms. The summed E-state index contributed by atoms with van der Waals surface area (Å²) in [6.45, 7) is 2.64. The summed E-state index contributed by atoms with van der Waals surface area (Å²) >= 11 is 5.84. The predicted molar refractivity (Wildman–Crippen MR) is 128 cm³/mol. The average molecular weight is 493 g/mol. The van der Waals surface area contributed by atoms with Crippen molar-refractivity contribution in [1.29, 1.82) is 0 Å². The number of piperidine rings is 1. The van der Waals surface area contributed by atoms with E-state index < -0.39 is 10.0 Å². The van der Waals surface area contributed by atoms with Crippen molar-refractivity contribution in [3.63, 3.8) is 0 Å². The minimum Gasteiger partial charge on any atom is -0.369 e. The lowest BCUT2D eigenvalue weighted by atomic mass is 9.96. The zero-order valence-electron chi connectivity index (χ0n) is 18.3. The van der Waals surface area contributed by atoms with E-state index in [1.54, 1.807) is 12.1 Å². The number of carbonyl (C=O) groups is 2. The van der Waals surface area contributed by atoms with Crippen molar-refractivity contribution in [3.05, 3.63) is 59.1 Å². The van der Waals surface area contributed by atoms with Gasteiger partial charge in [-0.3, -0.25) is 9.59 Å². The molecule has 2 aromatic rings. The molecule has 0 unspecified atom stereocenters. The van der Waals surface area contributed by atoms with Crippen LogP contribution in [0.2, 0.25) is 5.02 Å². The Morgan fingerprint density at radius 1 is 1.09 bits per heavy atom. The minimum atomic E-state index is -3.72. The highest BCUT2D eigenvalue weighted by atomic mass is 35.5. The maximum Gasteiger partial charge on any atom is 0.240 e. The molecule has 1 aliphatic heterocycles. The van der Waals surface area contributed by atoms with Crippen LogP contribution in [0.1, 0.15) is 24.8 Å². The molecule has 3 rings (SSSR count). The number of hydrogen-bond donors (Lipinski definition) is 3. The van der Waals surface area contributed by atoms with Crippen LogP contribution in [0, 0.1) is 5.92 Å². The highest BCUT2D eigenvalue weighted by Gasteiger charge is 2.22. The summed E-state index contributed by atoms with van der Waals surface area (Å²) in [5.74, 6) is -0.490. The van der Waals surface area contributed by atoms with E-state index in [4.69, 9.17) is 17.3 Å². The first-order chi connectivity index (χ1) is 15.7. The van der Waals surface area contributed by atoms with Gasteiger partial charge in [0.1, 0.15) is 0 Å². The van der Waals surface area contributed by atoms with Gasteiger partial charge in [-0.15, -0.1) is 0 Å². The van der Waals surface area contributed by atoms with Crippen LogP contribution in [0.25, 0.3) is 0 Å². The zero-order chi connectivity index (χ0) is 23.8. The Hall–Kier alpha value is -2.46. The van der Waals surface area contributed by atoms with E-state index in [9.17, 15) is 18.0 Å². The number of hydrogen-bond acceptors (Lipinski definition) is 5. The molecule has 0 saturated carbocycles. The van der Waals surface area contributed by atoms with Gasteiger partial charge < -0.3 is 16.0 Å². The number of nitrogens with two attached hydrogens (primary N) is 1. The summed E-state index contributed by atoms with van der Waals surface area (Å²) in [5.41, 5.74) is 7.19. The molecule has 1 aliphatic rings. The van der Waals surface area contributed by atoms with Gasteiger partial charge >= 0.3 is 0 Å². The van der Waals surface area contributed by atoms with Gasteiger partial charge in [0, 0.05) is 36.1 Å². The van der Waals surface area contributed by atoms with Gasteiger partial charge in [-0.1, -0.05) is 29.8 Å². The lowest BCUT2D eigenvalue weighted by Crippen LogP contribution is -2.39. The molecule has 2 aromatic carbocycles. The van der Waals surface area contributed by atoms with Crippen LogP contribution in [0.3, 0.4) is 0 Å². The van der Waals surface area contributed by atoms with E-state index in [0.717, 1.165) is 44.5 Å². The van der Waals surface area contributed by atoms with Crippen molar-refractivity contribution in [2.45, 2.75) is 30.6 Å². The molecule has 10 heteroatoms. The second-order valence-electron chi connectivity index (χ2n) is 8.12. The van der Waals surface area contributed by atoms with Gasteiger partial charge in [0.05, 0.1) is 4.90 Å². The molecule has 1 heterocycles. The first kappa shape index (κ1) is 25.2. The van der Waals surface area contributed by atoms with Crippen molar-refractivity contribution in [1.82, 2.24) is 9.62 Å². The highest BCUT2D eigenvalue weighted by Crippen LogP contribution is 2.18. The first-order valence-corrected chi connectivity index (χ1v) is 12.7. The first-order valence-electron chi connectivity index (χ1n) is 10.9. The standard InChI is InChI=1S/C23H29ClN4O4S/c24-19-2-1-3-21(16-19)33(31,32)26-12-8-22(29)27-20-6-4-17(5-7-20)9-13-28-14-10-18(11-15-28)23(25)30/h1-7,16,18,26H,8-15H2,(H2,25,30)(H,27,29). The van der Waals surface area contributed by atoms with Crippen LogP contribution in [0.4, 0.5) is 5.69 Å². The maximum atomic E-state index is 12.3. The third-order valence-corrected chi connectivity index (χ3v) is 7.39. The Kier molecular flexibility index (Phi) is 8.85. The Bertz CT molecular complexity index is 1070. The molecular weight excluding hydrogens is 464 g/mol. The second kappa shape index (κ2) is 11.6. The number of primary amides is 1. The van der Waals surface area contributed by atoms with E-state index in [1.165, 1.54) is 12.1 Å². The topological polar surface area (TPSA) is 122 Å². The minimum absolute atomic E-state index is 0.00278. The third-order valence-electron chi connectivity index (χ3n) is 5.69. The number of nitrogens with one attached hydrogen (secondary N) is 2. The average Bonchev–Trinajstić information content (AvgIpc) is 2.79. The predicted octanol–water partition coefficient (Wildman–Crippen LogP) is 2.39. The summed E-state index contributed by atoms with van der Waals surface area (Å²) in [4.78, 5) is 25.8. The van der Waals surface area contributed by atoms with Gasteiger partial charge in [0.2, 0.25) is 21.8 Å². The molecule has 8 nitrogen and oxygen atoms in total. The van der Waals surface area contributed by atoms with Crippen LogP contribution in [-0.4, -0.2) is 51.3 Å². The fraction of sp³-hybridized carbons (Fsp3) is 0.391. The van der Waals surface area contributed by atoms with Crippen molar-refractivity contribution < 1.29 is 18.0 Å². The molecule has 0 aliphatic carbocycles. The Morgan fingerprint density at radius 3 is 2.42 bits per heavy atom. The lowest BCUT2D eigenvalue weighted by Gasteiger charge is -2.30. The summed E-state index contributed by atoms with van der Waals surface area (Å²) in [6.07, 6.45) is 2.51. The zero-order valence-corrected chi connectivity index (χ0v) is 19.9. The van der Waals surface area contributed by atoms with Crippen molar-refractivity contribution in [2.24, 2.45) is 11.7 Å². The smallest absolute Gasteiger partial charge is 0.240 e. The summed E-state index contributed by atoms with van der Waals surface area (Å²) in [7, 11) is -3.72. The molecule has 33 heavy (non-hydrogen) atoms. The second-order valence-corrected chi connectivity index (χ2v) is 10.3. The lowest BCUT2D eigenvalue weighted by molar-refractivity contribution is -0.123. The fourth-order valence-electron chi connectivity index (χ4n) is 3.72. The maximum absolute atomic E-state index is 12.3. The molecule has 0 atom stereocenters. The van der Waals surface area contributed by atoms with E-state index in [-0.39, 0.29) is 35.6 Å². The third kappa shape index (κ3) is 7.82. The van der Waals surface area contributed by atoms with Crippen LogP contribution in [0.15, 0.2) is 53.4 Å². The number of anilines is 1. The monoisotopic (exact) mass is 492 g/mol. The van der Waals surface area contributed by atoms with Gasteiger partial charge in [0.15, 0.2) is 0 Å². The summed E-state index contributed by atoms with van der Waals surface area (Å²) < 4.78 is 26.9. The number of carbonyl (C=O) groups excluding carboxylic acids is 2. The normalized spacial score (nSPS) is 15.3. The van der Waals surface area contributed by atoms with E-state index in [0.29, 0.717) is 10.7 Å². The molecular formula is C23H29ClN4O4S. The molecule has 2 amide bonds. The van der Waals surface area contributed by atoms with E-state index in [1.807, 2.05) is 24.3 Å². The number of likely N-dealkylation sites (tertiary alicyclic amines) is 1. The van der Waals surface area contributed by atoms with Crippen molar-refractivity contribution in [3.8, 4) is 0 Å².